The van der Waals surface area contributed by atoms with Crippen LogP contribution in [0.2, 0.25) is 0 Å². The summed E-state index contributed by atoms with van der Waals surface area (Å²) in [5.41, 5.74) is 2.66. The number of amides is 1. The van der Waals surface area contributed by atoms with E-state index in [-0.39, 0.29) is 6.61 Å². The Labute approximate surface area is 216 Å². The fourth-order valence-electron chi connectivity index (χ4n) is 4.18. The molecule has 1 amide bonds. The lowest BCUT2D eigenvalue weighted by Crippen LogP contribution is -2.52. The molecule has 8 nitrogen and oxygen atoms in total. The van der Waals surface area contributed by atoms with Gasteiger partial charge in [0.2, 0.25) is 0 Å². The number of aliphatic hydroxyl groups excluding tert-OH is 2. The zero-order valence-corrected chi connectivity index (χ0v) is 20.9. The van der Waals surface area contributed by atoms with E-state index in [4.69, 9.17) is 18.9 Å². The summed E-state index contributed by atoms with van der Waals surface area (Å²) in [7, 11) is 0. The maximum atomic E-state index is 12.3. The van der Waals surface area contributed by atoms with E-state index in [0.29, 0.717) is 12.4 Å². The van der Waals surface area contributed by atoms with Crippen LogP contribution in [0.15, 0.2) is 84.9 Å². The van der Waals surface area contributed by atoms with E-state index in [1.54, 1.807) is 13.8 Å². The molecule has 0 radical (unpaired) electrons. The predicted octanol–water partition coefficient (Wildman–Crippen LogP) is 4.11. The number of nitrogens with one attached hydrogen (secondary N) is 1. The van der Waals surface area contributed by atoms with Crippen molar-refractivity contribution in [3.05, 3.63) is 102 Å². The monoisotopic (exact) mass is 507 g/mol. The zero-order chi connectivity index (χ0) is 26.3. The molecule has 37 heavy (non-hydrogen) atoms. The Morgan fingerprint density at radius 2 is 1.51 bits per heavy atom. The summed E-state index contributed by atoms with van der Waals surface area (Å²) >= 11 is 0. The van der Waals surface area contributed by atoms with Gasteiger partial charge in [-0.05, 0) is 42.7 Å². The minimum atomic E-state index is -1.27. The molecule has 8 heteroatoms. The van der Waals surface area contributed by atoms with Crippen LogP contribution >= 0.6 is 0 Å². The number of ether oxygens (including phenoxy) is 4. The molecule has 0 saturated carbocycles. The summed E-state index contributed by atoms with van der Waals surface area (Å²) < 4.78 is 23.2. The molecule has 0 bridgehead atoms. The summed E-state index contributed by atoms with van der Waals surface area (Å²) in [5.74, 6) is -0.286. The Morgan fingerprint density at radius 1 is 0.919 bits per heavy atom. The highest BCUT2D eigenvalue weighted by atomic mass is 16.8. The third-order valence-electron chi connectivity index (χ3n) is 6.05. The molecule has 1 saturated heterocycles. The van der Waals surface area contributed by atoms with E-state index < -0.39 is 42.8 Å². The average molecular weight is 508 g/mol. The summed E-state index contributed by atoms with van der Waals surface area (Å²) in [6.07, 6.45) is -3.51. The van der Waals surface area contributed by atoms with Crippen molar-refractivity contribution in [1.29, 1.82) is 0 Å². The molecule has 3 aromatic rings. The number of hydrogen-bond donors (Lipinski definition) is 3. The van der Waals surface area contributed by atoms with Crippen LogP contribution in [0.3, 0.4) is 0 Å². The third kappa shape index (κ3) is 7.30. The molecule has 196 valence electrons. The average Bonchev–Trinajstić information content (AvgIpc) is 3.25. The topological polar surface area (TPSA) is 106 Å². The lowest BCUT2D eigenvalue weighted by atomic mass is 9.96. The minimum Gasteiger partial charge on any atom is -0.489 e. The second-order valence-electron chi connectivity index (χ2n) is 9.35. The van der Waals surface area contributed by atoms with Crippen molar-refractivity contribution >= 4 is 6.09 Å². The number of carbonyl (C=O) groups is 1. The lowest BCUT2D eigenvalue weighted by Gasteiger charge is -2.29. The van der Waals surface area contributed by atoms with Crippen LogP contribution in [0.5, 0.6) is 5.75 Å². The first kappa shape index (κ1) is 26.6. The van der Waals surface area contributed by atoms with Gasteiger partial charge in [-0.25, -0.2) is 4.79 Å². The van der Waals surface area contributed by atoms with E-state index in [0.717, 1.165) is 16.7 Å². The van der Waals surface area contributed by atoms with E-state index in [1.807, 2.05) is 84.9 Å². The Balaban J connectivity index is 1.39. The van der Waals surface area contributed by atoms with Crippen LogP contribution in [0, 0.1) is 0 Å². The van der Waals surface area contributed by atoms with Gasteiger partial charge in [-0.3, -0.25) is 0 Å². The number of carbonyl (C=O) groups excluding carboxylic acids is 1. The molecule has 0 aromatic heterocycles. The smallest absolute Gasteiger partial charge is 0.407 e. The molecule has 4 rings (SSSR count). The molecular formula is C29H33NO7. The molecule has 0 aliphatic carbocycles. The first-order valence-electron chi connectivity index (χ1n) is 12.2. The van der Waals surface area contributed by atoms with Crippen molar-refractivity contribution in [3.8, 4) is 5.75 Å². The van der Waals surface area contributed by atoms with Crippen molar-refractivity contribution < 1.29 is 34.0 Å². The Morgan fingerprint density at radius 3 is 2.11 bits per heavy atom. The summed E-state index contributed by atoms with van der Waals surface area (Å²) in [6.45, 7) is 3.50. The molecule has 4 atom stereocenters. The summed E-state index contributed by atoms with van der Waals surface area (Å²) in [5, 5.41) is 23.6. The van der Waals surface area contributed by atoms with Gasteiger partial charge < -0.3 is 34.5 Å². The van der Waals surface area contributed by atoms with Gasteiger partial charge in [0.25, 0.3) is 0 Å². The maximum absolute atomic E-state index is 12.3. The highest BCUT2D eigenvalue weighted by molar-refractivity contribution is 5.67. The third-order valence-corrected chi connectivity index (χ3v) is 6.05. The summed E-state index contributed by atoms with van der Waals surface area (Å²) in [6, 6.07) is 25.4. The van der Waals surface area contributed by atoms with Gasteiger partial charge in [-0.2, -0.15) is 0 Å². The molecule has 1 fully saturated rings. The standard InChI is InChI=1S/C29H33NO7/c1-29(2)36-26(22-13-15-23(16-14-22)34-18-20-9-5-3-6-10-20)27(37-29)25(32)24(17-31)30-28(33)35-19-21-11-7-4-8-12-21/h3-16,24-27,31-32H,17-19H2,1-2H3,(H,30,33)/t24-,25-,26+,27+/m1/s1. The van der Waals surface area contributed by atoms with Gasteiger partial charge >= 0.3 is 6.09 Å². The number of rotatable bonds is 10. The first-order valence-corrected chi connectivity index (χ1v) is 12.2. The number of alkyl carbamates (subject to hydrolysis) is 1. The molecule has 1 aliphatic rings. The molecule has 1 heterocycles. The molecule has 1 aliphatic heterocycles. The SMILES string of the molecule is CC1(C)O[C@@H]([C@H](O)[C@@H](CO)NC(=O)OCc2ccccc2)[C@H](c2ccc(OCc3ccccc3)cc2)O1. The van der Waals surface area contributed by atoms with Crippen molar-refractivity contribution in [3.63, 3.8) is 0 Å². The van der Waals surface area contributed by atoms with Crippen LogP contribution in [0.1, 0.15) is 36.6 Å². The van der Waals surface area contributed by atoms with Crippen LogP contribution in [0.25, 0.3) is 0 Å². The molecule has 3 N–H and O–H groups in total. The van der Waals surface area contributed by atoms with Crippen molar-refractivity contribution in [2.75, 3.05) is 6.61 Å². The van der Waals surface area contributed by atoms with Gasteiger partial charge in [0.15, 0.2) is 5.79 Å². The minimum absolute atomic E-state index is 0.0678. The Kier molecular flexibility index (Phi) is 8.78. The van der Waals surface area contributed by atoms with Gasteiger partial charge in [0.1, 0.15) is 37.3 Å². The number of benzene rings is 3. The Hall–Kier alpha value is -3.43. The van der Waals surface area contributed by atoms with Crippen molar-refractivity contribution in [2.45, 2.75) is 57.2 Å². The van der Waals surface area contributed by atoms with Crippen LogP contribution in [0.4, 0.5) is 4.79 Å². The second-order valence-corrected chi connectivity index (χ2v) is 9.35. The molecular weight excluding hydrogens is 474 g/mol. The van der Waals surface area contributed by atoms with Gasteiger partial charge in [-0.15, -0.1) is 0 Å². The lowest BCUT2D eigenvalue weighted by molar-refractivity contribution is -0.157. The van der Waals surface area contributed by atoms with Crippen LogP contribution in [-0.4, -0.2) is 47.0 Å². The highest BCUT2D eigenvalue weighted by Crippen LogP contribution is 2.40. The number of aliphatic hydroxyl groups is 2. The fraction of sp³-hybridized carbons (Fsp3) is 0.345. The summed E-state index contributed by atoms with van der Waals surface area (Å²) in [4.78, 5) is 12.3. The largest absolute Gasteiger partial charge is 0.489 e. The van der Waals surface area contributed by atoms with Gasteiger partial charge in [0.05, 0.1) is 12.6 Å². The molecule has 3 aromatic carbocycles. The van der Waals surface area contributed by atoms with Crippen molar-refractivity contribution in [1.82, 2.24) is 5.32 Å². The predicted molar refractivity (Wildman–Crippen MR) is 137 cm³/mol. The normalized spacial score (nSPS) is 20.1. The zero-order valence-electron chi connectivity index (χ0n) is 20.9. The maximum Gasteiger partial charge on any atom is 0.407 e. The quantitative estimate of drug-likeness (QED) is 0.379. The van der Waals surface area contributed by atoms with E-state index in [9.17, 15) is 15.0 Å². The van der Waals surface area contributed by atoms with E-state index in [1.165, 1.54) is 0 Å². The Bertz CT molecular complexity index is 1120. The molecule has 0 unspecified atom stereocenters. The fourth-order valence-corrected chi connectivity index (χ4v) is 4.18. The molecule has 0 spiro atoms. The first-order chi connectivity index (χ1) is 17.8. The van der Waals surface area contributed by atoms with Gasteiger partial charge in [-0.1, -0.05) is 72.8 Å². The van der Waals surface area contributed by atoms with Gasteiger partial charge in [0, 0.05) is 0 Å². The van der Waals surface area contributed by atoms with E-state index in [2.05, 4.69) is 5.32 Å². The second kappa shape index (κ2) is 12.2. The number of hydrogen-bond acceptors (Lipinski definition) is 7. The highest BCUT2D eigenvalue weighted by Gasteiger charge is 2.47. The van der Waals surface area contributed by atoms with Crippen LogP contribution < -0.4 is 10.1 Å². The van der Waals surface area contributed by atoms with E-state index >= 15 is 0 Å². The van der Waals surface area contributed by atoms with Crippen molar-refractivity contribution in [2.24, 2.45) is 0 Å². The van der Waals surface area contributed by atoms with Crippen LogP contribution in [-0.2, 0) is 27.4 Å².